The Balaban J connectivity index is 2.65. The van der Waals surface area contributed by atoms with Crippen LogP contribution in [0.3, 0.4) is 0 Å². The summed E-state index contributed by atoms with van der Waals surface area (Å²) in [6, 6.07) is 1.71. The summed E-state index contributed by atoms with van der Waals surface area (Å²) in [5.74, 6) is 0.294. The van der Waals surface area contributed by atoms with Crippen molar-refractivity contribution in [3.05, 3.63) is 18.0 Å². The molecular weight excluding hydrogens is 192 g/mol. The molecule has 0 aliphatic rings. The summed E-state index contributed by atoms with van der Waals surface area (Å²) in [6.45, 7) is 3.27. The molecule has 5 heteroatoms. The van der Waals surface area contributed by atoms with Gasteiger partial charge in [0.25, 0.3) is 5.91 Å². The summed E-state index contributed by atoms with van der Waals surface area (Å²) >= 11 is 0. The lowest BCUT2D eigenvalue weighted by atomic mass is 10.1. The van der Waals surface area contributed by atoms with Crippen molar-refractivity contribution >= 4 is 5.91 Å². The monoisotopic (exact) mass is 210 g/mol. The van der Waals surface area contributed by atoms with Crippen molar-refractivity contribution in [3.8, 4) is 0 Å². The molecule has 1 atom stereocenters. The van der Waals surface area contributed by atoms with Crippen molar-refractivity contribution in [2.75, 3.05) is 20.1 Å². The highest BCUT2D eigenvalue weighted by molar-refractivity contribution is 5.92. The summed E-state index contributed by atoms with van der Waals surface area (Å²) in [5.41, 5.74) is 6.11. The number of carbonyl (C=O) groups is 1. The van der Waals surface area contributed by atoms with Crippen LogP contribution in [0.15, 0.2) is 12.3 Å². The molecule has 0 aliphatic heterocycles. The first kappa shape index (κ1) is 11.7. The minimum Gasteiger partial charge on any atom is -0.340 e. The maximum absolute atomic E-state index is 11.9. The van der Waals surface area contributed by atoms with Crippen LogP contribution in [0.4, 0.5) is 0 Å². The SMILES string of the molecule is CC(CN)CN(C)C(=O)c1ccnn1C. The van der Waals surface area contributed by atoms with Gasteiger partial charge in [0.1, 0.15) is 5.69 Å². The number of nitrogens with zero attached hydrogens (tertiary/aromatic N) is 3. The van der Waals surface area contributed by atoms with E-state index in [1.807, 2.05) is 6.92 Å². The Hall–Kier alpha value is -1.36. The molecule has 1 rings (SSSR count). The van der Waals surface area contributed by atoms with Gasteiger partial charge < -0.3 is 10.6 Å². The van der Waals surface area contributed by atoms with Crippen molar-refractivity contribution in [3.63, 3.8) is 0 Å². The Morgan fingerprint density at radius 3 is 2.87 bits per heavy atom. The van der Waals surface area contributed by atoms with Gasteiger partial charge in [0.2, 0.25) is 0 Å². The first-order valence-corrected chi connectivity index (χ1v) is 4.99. The fraction of sp³-hybridized carbons (Fsp3) is 0.600. The number of carbonyl (C=O) groups excluding carboxylic acids is 1. The highest BCUT2D eigenvalue weighted by atomic mass is 16.2. The molecule has 0 bridgehead atoms. The molecule has 0 spiro atoms. The molecule has 2 N–H and O–H groups in total. The van der Waals surface area contributed by atoms with Gasteiger partial charge in [-0.05, 0) is 18.5 Å². The summed E-state index contributed by atoms with van der Waals surface area (Å²) in [4.78, 5) is 13.6. The minimum absolute atomic E-state index is 0.0182. The molecule has 1 heterocycles. The van der Waals surface area contributed by atoms with Gasteiger partial charge in [-0.25, -0.2) is 0 Å². The predicted octanol–water partition coefficient (Wildman–Crippen LogP) is 0.0869. The van der Waals surface area contributed by atoms with E-state index >= 15 is 0 Å². The zero-order valence-electron chi connectivity index (χ0n) is 9.47. The quantitative estimate of drug-likeness (QED) is 0.766. The van der Waals surface area contributed by atoms with Gasteiger partial charge in [-0.1, -0.05) is 6.92 Å². The van der Waals surface area contributed by atoms with Crippen molar-refractivity contribution in [2.45, 2.75) is 6.92 Å². The lowest BCUT2D eigenvalue weighted by Crippen LogP contribution is -2.34. The largest absolute Gasteiger partial charge is 0.340 e. The number of rotatable bonds is 4. The average Bonchev–Trinajstić information content (AvgIpc) is 2.63. The normalized spacial score (nSPS) is 12.5. The third kappa shape index (κ3) is 2.79. The molecule has 0 radical (unpaired) electrons. The molecule has 84 valence electrons. The second-order valence-corrected chi connectivity index (χ2v) is 3.87. The fourth-order valence-corrected chi connectivity index (χ4v) is 1.40. The van der Waals surface area contributed by atoms with E-state index < -0.39 is 0 Å². The first-order valence-electron chi connectivity index (χ1n) is 4.99. The lowest BCUT2D eigenvalue weighted by Gasteiger charge is -2.20. The van der Waals surface area contributed by atoms with Crippen LogP contribution in [0.25, 0.3) is 0 Å². The molecule has 0 aromatic carbocycles. The van der Waals surface area contributed by atoms with Crippen LogP contribution in [0, 0.1) is 5.92 Å². The van der Waals surface area contributed by atoms with E-state index in [2.05, 4.69) is 5.10 Å². The van der Waals surface area contributed by atoms with Gasteiger partial charge in [0.05, 0.1) is 0 Å². The van der Waals surface area contributed by atoms with Crippen LogP contribution >= 0.6 is 0 Å². The summed E-state index contributed by atoms with van der Waals surface area (Å²) < 4.78 is 1.58. The van der Waals surface area contributed by atoms with Gasteiger partial charge >= 0.3 is 0 Å². The van der Waals surface area contributed by atoms with Crippen LogP contribution in [0.2, 0.25) is 0 Å². The number of aryl methyl sites for hydroxylation is 1. The number of hydrogen-bond donors (Lipinski definition) is 1. The molecule has 15 heavy (non-hydrogen) atoms. The van der Waals surface area contributed by atoms with Crippen LogP contribution in [-0.4, -0.2) is 40.7 Å². The Bertz CT molecular complexity index is 334. The first-order chi connectivity index (χ1) is 7.06. The third-order valence-corrected chi connectivity index (χ3v) is 2.37. The molecule has 0 saturated carbocycles. The van der Waals surface area contributed by atoms with E-state index in [-0.39, 0.29) is 5.91 Å². The smallest absolute Gasteiger partial charge is 0.271 e. The Labute approximate surface area is 89.9 Å². The summed E-state index contributed by atoms with van der Waals surface area (Å²) in [5, 5.41) is 3.96. The number of hydrogen-bond acceptors (Lipinski definition) is 3. The average molecular weight is 210 g/mol. The number of aromatic nitrogens is 2. The molecule has 5 nitrogen and oxygen atoms in total. The van der Waals surface area contributed by atoms with Crippen molar-refractivity contribution in [1.82, 2.24) is 14.7 Å². The predicted molar refractivity (Wildman–Crippen MR) is 58.4 cm³/mol. The van der Waals surface area contributed by atoms with Crippen LogP contribution < -0.4 is 5.73 Å². The Kier molecular flexibility index (Phi) is 3.85. The number of nitrogens with two attached hydrogens (primary N) is 1. The third-order valence-electron chi connectivity index (χ3n) is 2.37. The fourth-order valence-electron chi connectivity index (χ4n) is 1.40. The second-order valence-electron chi connectivity index (χ2n) is 3.87. The molecule has 1 aromatic rings. The Morgan fingerprint density at radius 2 is 2.40 bits per heavy atom. The maximum Gasteiger partial charge on any atom is 0.271 e. The van der Waals surface area contributed by atoms with Gasteiger partial charge in [-0.3, -0.25) is 9.48 Å². The topological polar surface area (TPSA) is 64.2 Å². The second kappa shape index (κ2) is 4.93. The standard InChI is InChI=1S/C10H18N4O/c1-8(6-11)7-13(2)10(15)9-4-5-12-14(9)3/h4-5,8H,6-7,11H2,1-3H3. The van der Waals surface area contributed by atoms with E-state index in [0.717, 1.165) is 0 Å². The summed E-state index contributed by atoms with van der Waals surface area (Å²) in [6.07, 6.45) is 1.62. The molecule has 1 unspecified atom stereocenters. The Morgan fingerprint density at radius 1 is 1.73 bits per heavy atom. The van der Waals surface area contributed by atoms with Crippen LogP contribution in [-0.2, 0) is 7.05 Å². The highest BCUT2D eigenvalue weighted by Crippen LogP contribution is 2.04. The van der Waals surface area contributed by atoms with Crippen molar-refractivity contribution in [2.24, 2.45) is 18.7 Å². The molecule has 1 aromatic heterocycles. The highest BCUT2D eigenvalue weighted by Gasteiger charge is 2.16. The van der Waals surface area contributed by atoms with Crippen molar-refractivity contribution in [1.29, 1.82) is 0 Å². The van der Waals surface area contributed by atoms with E-state index in [1.54, 1.807) is 35.9 Å². The van der Waals surface area contributed by atoms with Crippen LogP contribution in [0.5, 0.6) is 0 Å². The minimum atomic E-state index is -0.0182. The lowest BCUT2D eigenvalue weighted by molar-refractivity contribution is 0.0766. The van der Waals surface area contributed by atoms with E-state index in [0.29, 0.717) is 24.7 Å². The summed E-state index contributed by atoms with van der Waals surface area (Å²) in [7, 11) is 3.54. The van der Waals surface area contributed by atoms with Gasteiger partial charge in [0, 0.05) is 26.8 Å². The zero-order chi connectivity index (χ0) is 11.4. The van der Waals surface area contributed by atoms with E-state index in [9.17, 15) is 4.79 Å². The molecule has 0 aliphatic carbocycles. The molecule has 1 amide bonds. The van der Waals surface area contributed by atoms with Gasteiger partial charge in [0.15, 0.2) is 0 Å². The molecule has 0 saturated heterocycles. The van der Waals surface area contributed by atoms with E-state index in [4.69, 9.17) is 5.73 Å². The van der Waals surface area contributed by atoms with Gasteiger partial charge in [-0.15, -0.1) is 0 Å². The maximum atomic E-state index is 11.9. The van der Waals surface area contributed by atoms with Gasteiger partial charge in [-0.2, -0.15) is 5.10 Å². The molecule has 0 fully saturated rings. The molecular formula is C10H18N4O. The van der Waals surface area contributed by atoms with Crippen molar-refractivity contribution < 1.29 is 4.79 Å². The van der Waals surface area contributed by atoms with E-state index in [1.165, 1.54) is 0 Å². The zero-order valence-corrected chi connectivity index (χ0v) is 9.47. The van der Waals surface area contributed by atoms with Crippen LogP contribution in [0.1, 0.15) is 17.4 Å². The number of amides is 1.